The zero-order valence-corrected chi connectivity index (χ0v) is 14.6. The number of fused-ring (bicyclic) bond motifs is 1. The molecule has 0 aromatic heterocycles. The van der Waals surface area contributed by atoms with Crippen LogP contribution in [0.4, 0.5) is 0 Å². The summed E-state index contributed by atoms with van der Waals surface area (Å²) in [6.07, 6.45) is 2.34. The van der Waals surface area contributed by atoms with Gasteiger partial charge in [0.2, 0.25) is 5.91 Å². The minimum absolute atomic E-state index is 0.0197. The highest BCUT2D eigenvalue weighted by Gasteiger charge is 2.24. The molecule has 132 valence electrons. The fraction of sp³-hybridized carbons (Fsp3) is 0.400. The van der Waals surface area contributed by atoms with Crippen molar-refractivity contribution >= 4 is 22.6 Å². The molecule has 5 heteroatoms. The van der Waals surface area contributed by atoms with E-state index in [0.29, 0.717) is 25.1 Å². The molecule has 2 aromatic rings. The normalized spacial score (nSPS) is 17.5. The lowest BCUT2D eigenvalue weighted by atomic mass is 10.0. The largest absolute Gasteiger partial charge is 0.348 e. The number of likely N-dealkylation sites (tertiary alicyclic amines) is 1. The average Bonchev–Trinajstić information content (AvgIpc) is 2.65. The van der Waals surface area contributed by atoms with E-state index in [9.17, 15) is 9.59 Å². The third-order valence-corrected chi connectivity index (χ3v) is 4.71. The van der Waals surface area contributed by atoms with Gasteiger partial charge in [-0.3, -0.25) is 9.59 Å². The van der Waals surface area contributed by atoms with Crippen LogP contribution in [-0.2, 0) is 4.79 Å². The fourth-order valence-electron chi connectivity index (χ4n) is 3.31. The number of hydrogen-bond acceptors (Lipinski definition) is 3. The first-order chi connectivity index (χ1) is 12.2. The van der Waals surface area contributed by atoms with Crippen LogP contribution in [0.2, 0.25) is 0 Å². The van der Waals surface area contributed by atoms with Crippen LogP contribution >= 0.6 is 0 Å². The molecule has 25 heavy (non-hydrogen) atoms. The van der Waals surface area contributed by atoms with Gasteiger partial charge in [0.05, 0.1) is 0 Å². The first-order valence-corrected chi connectivity index (χ1v) is 8.89. The van der Waals surface area contributed by atoms with Crippen LogP contribution in [0.25, 0.3) is 10.8 Å². The Morgan fingerprint density at radius 1 is 1.16 bits per heavy atom. The molecule has 0 bridgehead atoms. The summed E-state index contributed by atoms with van der Waals surface area (Å²) in [4.78, 5) is 26.6. The van der Waals surface area contributed by atoms with E-state index in [2.05, 4.69) is 10.6 Å². The zero-order chi connectivity index (χ0) is 17.6. The number of amides is 2. The smallest absolute Gasteiger partial charge is 0.251 e. The van der Waals surface area contributed by atoms with Crippen molar-refractivity contribution in [3.63, 3.8) is 0 Å². The van der Waals surface area contributed by atoms with E-state index in [1.54, 1.807) is 0 Å². The van der Waals surface area contributed by atoms with Gasteiger partial charge >= 0.3 is 0 Å². The van der Waals surface area contributed by atoms with Crippen molar-refractivity contribution in [3.8, 4) is 0 Å². The lowest BCUT2D eigenvalue weighted by Gasteiger charge is -2.33. The molecule has 1 fully saturated rings. The molecular weight excluding hydrogens is 314 g/mol. The first kappa shape index (κ1) is 17.4. The lowest BCUT2D eigenvalue weighted by molar-refractivity contribution is -0.132. The summed E-state index contributed by atoms with van der Waals surface area (Å²) >= 11 is 0. The Balaban J connectivity index is 1.62. The second kappa shape index (κ2) is 8.12. The van der Waals surface area contributed by atoms with Gasteiger partial charge in [-0.15, -0.1) is 0 Å². The highest BCUT2D eigenvalue weighted by Crippen LogP contribution is 2.17. The van der Waals surface area contributed by atoms with Crippen molar-refractivity contribution in [3.05, 3.63) is 48.0 Å². The van der Waals surface area contributed by atoms with Crippen molar-refractivity contribution in [1.29, 1.82) is 0 Å². The predicted octanol–water partition coefficient (Wildman–Crippen LogP) is 2.17. The molecule has 1 aliphatic heterocycles. The molecule has 2 amide bonds. The van der Waals surface area contributed by atoms with E-state index in [0.717, 1.165) is 30.2 Å². The SMILES string of the molecule is CNCCC(=O)N1CCCC(NC(=O)c2ccc3ccccc3c2)C1. The highest BCUT2D eigenvalue weighted by atomic mass is 16.2. The maximum Gasteiger partial charge on any atom is 0.251 e. The quantitative estimate of drug-likeness (QED) is 0.878. The fourth-order valence-corrected chi connectivity index (χ4v) is 3.31. The number of carbonyl (C=O) groups excluding carboxylic acids is 2. The summed E-state index contributed by atoms with van der Waals surface area (Å²) < 4.78 is 0. The van der Waals surface area contributed by atoms with Gasteiger partial charge in [-0.2, -0.15) is 0 Å². The summed E-state index contributed by atoms with van der Waals surface area (Å²) in [5.41, 5.74) is 0.664. The molecule has 2 aromatic carbocycles. The Bertz CT molecular complexity index is 759. The molecule has 3 rings (SSSR count). The van der Waals surface area contributed by atoms with E-state index in [4.69, 9.17) is 0 Å². The minimum Gasteiger partial charge on any atom is -0.348 e. The molecule has 1 atom stereocenters. The van der Waals surface area contributed by atoms with Crippen LogP contribution in [0.15, 0.2) is 42.5 Å². The lowest BCUT2D eigenvalue weighted by Crippen LogP contribution is -2.49. The molecule has 0 saturated carbocycles. The van der Waals surface area contributed by atoms with Gasteiger partial charge in [0.1, 0.15) is 0 Å². The van der Waals surface area contributed by atoms with E-state index in [-0.39, 0.29) is 17.9 Å². The number of nitrogens with one attached hydrogen (secondary N) is 2. The molecule has 0 aliphatic carbocycles. The Morgan fingerprint density at radius 3 is 2.76 bits per heavy atom. The van der Waals surface area contributed by atoms with Crippen LogP contribution in [0.3, 0.4) is 0 Å². The monoisotopic (exact) mass is 339 g/mol. The number of piperidine rings is 1. The molecule has 5 nitrogen and oxygen atoms in total. The van der Waals surface area contributed by atoms with Crippen molar-refractivity contribution in [1.82, 2.24) is 15.5 Å². The molecular formula is C20H25N3O2. The van der Waals surface area contributed by atoms with E-state index in [1.807, 2.05) is 54.4 Å². The Labute approximate surface area is 148 Å². The third-order valence-electron chi connectivity index (χ3n) is 4.71. The number of benzene rings is 2. The second-order valence-corrected chi connectivity index (χ2v) is 6.57. The highest BCUT2D eigenvalue weighted by molar-refractivity contribution is 5.98. The molecule has 1 saturated heterocycles. The molecule has 1 unspecified atom stereocenters. The number of carbonyl (C=O) groups is 2. The van der Waals surface area contributed by atoms with Crippen molar-refractivity contribution in [2.24, 2.45) is 0 Å². The molecule has 0 spiro atoms. The van der Waals surface area contributed by atoms with Gasteiger partial charge in [0, 0.05) is 37.7 Å². The van der Waals surface area contributed by atoms with Crippen LogP contribution in [0.1, 0.15) is 29.6 Å². The Morgan fingerprint density at radius 2 is 1.96 bits per heavy atom. The van der Waals surface area contributed by atoms with Gasteiger partial charge in [0.25, 0.3) is 5.91 Å². The van der Waals surface area contributed by atoms with Crippen molar-refractivity contribution in [2.45, 2.75) is 25.3 Å². The van der Waals surface area contributed by atoms with E-state index >= 15 is 0 Å². The van der Waals surface area contributed by atoms with Gasteiger partial charge in [0.15, 0.2) is 0 Å². The summed E-state index contributed by atoms with van der Waals surface area (Å²) in [7, 11) is 1.84. The maximum atomic E-state index is 12.6. The van der Waals surface area contributed by atoms with Gasteiger partial charge in [-0.25, -0.2) is 0 Å². The summed E-state index contributed by atoms with van der Waals surface area (Å²) in [6.45, 7) is 2.07. The zero-order valence-electron chi connectivity index (χ0n) is 14.6. The average molecular weight is 339 g/mol. The number of rotatable bonds is 5. The number of hydrogen-bond donors (Lipinski definition) is 2. The van der Waals surface area contributed by atoms with Crippen LogP contribution in [-0.4, -0.2) is 49.4 Å². The summed E-state index contributed by atoms with van der Waals surface area (Å²) in [5, 5.41) is 8.27. The number of nitrogens with zero attached hydrogens (tertiary/aromatic N) is 1. The van der Waals surface area contributed by atoms with Gasteiger partial charge in [-0.05, 0) is 42.8 Å². The Kier molecular flexibility index (Phi) is 5.66. The minimum atomic E-state index is -0.0692. The van der Waals surface area contributed by atoms with Crippen molar-refractivity contribution in [2.75, 3.05) is 26.7 Å². The predicted molar refractivity (Wildman–Crippen MR) is 99.6 cm³/mol. The Hall–Kier alpha value is -2.40. The standard InChI is InChI=1S/C20H25N3O2/c1-21-11-10-19(24)23-12-4-7-18(14-23)22-20(25)17-9-8-15-5-2-3-6-16(15)13-17/h2-3,5-6,8-9,13,18,21H,4,7,10-12,14H2,1H3,(H,22,25). The molecule has 2 N–H and O–H groups in total. The van der Waals surface area contributed by atoms with Gasteiger partial charge < -0.3 is 15.5 Å². The third kappa shape index (κ3) is 4.37. The first-order valence-electron chi connectivity index (χ1n) is 8.89. The van der Waals surface area contributed by atoms with Crippen LogP contribution in [0.5, 0.6) is 0 Å². The molecule has 1 aliphatic rings. The summed E-state index contributed by atoms with van der Waals surface area (Å²) in [6, 6.07) is 13.8. The second-order valence-electron chi connectivity index (χ2n) is 6.57. The summed E-state index contributed by atoms with van der Waals surface area (Å²) in [5.74, 6) is 0.0827. The van der Waals surface area contributed by atoms with Crippen LogP contribution in [0, 0.1) is 0 Å². The van der Waals surface area contributed by atoms with Crippen LogP contribution < -0.4 is 10.6 Å². The van der Waals surface area contributed by atoms with E-state index < -0.39 is 0 Å². The van der Waals surface area contributed by atoms with E-state index in [1.165, 1.54) is 0 Å². The van der Waals surface area contributed by atoms with Crippen molar-refractivity contribution < 1.29 is 9.59 Å². The molecule has 1 heterocycles. The molecule has 0 radical (unpaired) electrons. The van der Waals surface area contributed by atoms with Gasteiger partial charge in [-0.1, -0.05) is 30.3 Å². The topological polar surface area (TPSA) is 61.4 Å². The maximum absolute atomic E-state index is 12.6.